The maximum absolute atomic E-state index is 13.5. The van der Waals surface area contributed by atoms with Gasteiger partial charge in [0.05, 0.1) is 28.8 Å². The van der Waals surface area contributed by atoms with Crippen molar-refractivity contribution in [1.82, 2.24) is 24.8 Å². The van der Waals surface area contributed by atoms with Crippen molar-refractivity contribution in [2.24, 2.45) is 0 Å². The summed E-state index contributed by atoms with van der Waals surface area (Å²) in [6.07, 6.45) is 0.409. The Balaban J connectivity index is 1.43. The van der Waals surface area contributed by atoms with Crippen LogP contribution in [0.2, 0.25) is 0 Å². The summed E-state index contributed by atoms with van der Waals surface area (Å²) in [5.41, 5.74) is 1.71. The van der Waals surface area contributed by atoms with Crippen molar-refractivity contribution in [2.45, 2.75) is 32.2 Å². The second-order valence-electron chi connectivity index (χ2n) is 8.68. The molecule has 1 aliphatic rings. The van der Waals surface area contributed by atoms with Gasteiger partial charge in [-0.2, -0.15) is 0 Å². The number of halogens is 2. The standard InChI is InChI=1S/C24H21F2N5O2/c1-24(2,13-6-4-3-5-7-13)23-29-17-8-9-31(12-14(17)21(32)30-23)22(33)20-27-18-10-15(25)16(26)11-19(18)28-20/h3-7,10-11H,8-9,12H2,1-2H3,(H,27,28)(H,29,30,32). The minimum atomic E-state index is -1.04. The molecule has 2 N–H and O–H groups in total. The van der Waals surface area contributed by atoms with E-state index in [0.29, 0.717) is 30.0 Å². The van der Waals surface area contributed by atoms with Crippen LogP contribution in [0.1, 0.15) is 47.1 Å². The summed E-state index contributed by atoms with van der Waals surface area (Å²) in [5.74, 6) is -1.98. The van der Waals surface area contributed by atoms with Gasteiger partial charge in [0, 0.05) is 30.5 Å². The monoisotopic (exact) mass is 449 g/mol. The predicted molar refractivity (Wildman–Crippen MR) is 118 cm³/mol. The molecule has 0 saturated carbocycles. The molecule has 0 bridgehead atoms. The molecule has 3 heterocycles. The number of benzene rings is 2. The van der Waals surface area contributed by atoms with E-state index in [1.54, 1.807) is 0 Å². The van der Waals surface area contributed by atoms with E-state index in [-0.39, 0.29) is 29.0 Å². The molecule has 33 heavy (non-hydrogen) atoms. The van der Waals surface area contributed by atoms with Crippen LogP contribution in [0.5, 0.6) is 0 Å². The van der Waals surface area contributed by atoms with Crippen LogP contribution in [-0.4, -0.2) is 37.3 Å². The van der Waals surface area contributed by atoms with Crippen LogP contribution >= 0.6 is 0 Å². The molecule has 0 aliphatic carbocycles. The van der Waals surface area contributed by atoms with Crippen LogP contribution < -0.4 is 5.56 Å². The van der Waals surface area contributed by atoms with Crippen LogP contribution in [0, 0.1) is 11.6 Å². The first-order valence-corrected chi connectivity index (χ1v) is 10.6. The highest BCUT2D eigenvalue weighted by molar-refractivity contribution is 5.94. The zero-order valence-electron chi connectivity index (χ0n) is 18.1. The van der Waals surface area contributed by atoms with Gasteiger partial charge in [-0.05, 0) is 19.4 Å². The zero-order valence-corrected chi connectivity index (χ0v) is 18.1. The van der Waals surface area contributed by atoms with Gasteiger partial charge in [-0.3, -0.25) is 9.59 Å². The summed E-state index contributed by atoms with van der Waals surface area (Å²) < 4.78 is 27.0. The molecule has 5 rings (SSSR count). The van der Waals surface area contributed by atoms with Crippen molar-refractivity contribution in [2.75, 3.05) is 6.54 Å². The van der Waals surface area contributed by atoms with Gasteiger partial charge in [0.25, 0.3) is 11.5 Å². The minimum absolute atomic E-state index is 0.0373. The lowest BCUT2D eigenvalue weighted by molar-refractivity contribution is 0.0721. The molecule has 0 fully saturated rings. The van der Waals surface area contributed by atoms with Gasteiger partial charge in [0.15, 0.2) is 17.5 Å². The first-order valence-electron chi connectivity index (χ1n) is 10.6. The van der Waals surface area contributed by atoms with Crippen LogP contribution in [0.15, 0.2) is 47.3 Å². The van der Waals surface area contributed by atoms with E-state index < -0.39 is 23.0 Å². The molecule has 1 aliphatic heterocycles. The smallest absolute Gasteiger partial charge is 0.289 e. The number of hydrogen-bond donors (Lipinski definition) is 2. The van der Waals surface area contributed by atoms with Crippen molar-refractivity contribution in [3.8, 4) is 0 Å². The maximum Gasteiger partial charge on any atom is 0.289 e. The summed E-state index contributed by atoms with van der Waals surface area (Å²) in [4.78, 5) is 41.9. The van der Waals surface area contributed by atoms with E-state index in [2.05, 4.69) is 15.0 Å². The first kappa shape index (κ1) is 21.0. The number of aromatic amines is 2. The lowest BCUT2D eigenvalue weighted by Crippen LogP contribution is -2.41. The quantitative estimate of drug-likeness (QED) is 0.501. The summed E-state index contributed by atoms with van der Waals surface area (Å²) in [5, 5.41) is 0. The molecule has 1 amide bonds. The number of carbonyl (C=O) groups excluding carboxylic acids is 1. The fourth-order valence-electron chi connectivity index (χ4n) is 4.14. The van der Waals surface area contributed by atoms with E-state index in [0.717, 1.165) is 17.7 Å². The summed E-state index contributed by atoms with van der Waals surface area (Å²) in [6, 6.07) is 11.7. The van der Waals surface area contributed by atoms with Crippen LogP contribution in [-0.2, 0) is 18.4 Å². The van der Waals surface area contributed by atoms with Gasteiger partial charge in [-0.1, -0.05) is 30.3 Å². The lowest BCUT2D eigenvalue weighted by Gasteiger charge is -2.29. The maximum atomic E-state index is 13.5. The number of H-pyrrole nitrogens is 2. The van der Waals surface area contributed by atoms with Crippen LogP contribution in [0.3, 0.4) is 0 Å². The number of nitrogens with zero attached hydrogens (tertiary/aromatic N) is 3. The van der Waals surface area contributed by atoms with Gasteiger partial charge in [0.2, 0.25) is 0 Å². The number of carbonyl (C=O) groups is 1. The fourth-order valence-corrected chi connectivity index (χ4v) is 4.14. The second-order valence-corrected chi connectivity index (χ2v) is 8.68. The van der Waals surface area contributed by atoms with Gasteiger partial charge in [-0.25, -0.2) is 18.7 Å². The van der Waals surface area contributed by atoms with E-state index in [1.807, 2.05) is 44.2 Å². The number of amides is 1. The molecule has 0 unspecified atom stereocenters. The SMILES string of the molecule is CC(C)(c1ccccc1)c1nc2c(c(=O)[nH]1)CN(C(=O)c1nc3cc(F)c(F)cc3[nH]1)CC2. The molecule has 4 aromatic rings. The molecule has 7 nitrogen and oxygen atoms in total. The van der Waals surface area contributed by atoms with Crippen molar-refractivity contribution >= 4 is 16.9 Å². The Bertz CT molecular complexity index is 1400. The van der Waals surface area contributed by atoms with Crippen LogP contribution in [0.25, 0.3) is 11.0 Å². The van der Waals surface area contributed by atoms with E-state index >= 15 is 0 Å². The Kier molecular flexibility index (Phi) is 4.84. The first-order chi connectivity index (χ1) is 15.7. The number of aromatic nitrogens is 4. The topological polar surface area (TPSA) is 94.7 Å². The zero-order chi connectivity index (χ0) is 23.3. The Morgan fingerprint density at radius 2 is 1.79 bits per heavy atom. The Labute approximate surface area is 187 Å². The van der Waals surface area contributed by atoms with Gasteiger partial charge < -0.3 is 14.9 Å². The minimum Gasteiger partial charge on any atom is -0.334 e. The van der Waals surface area contributed by atoms with E-state index in [1.165, 1.54) is 4.90 Å². The highest BCUT2D eigenvalue weighted by atomic mass is 19.2. The third kappa shape index (κ3) is 3.59. The summed E-state index contributed by atoms with van der Waals surface area (Å²) >= 11 is 0. The highest BCUT2D eigenvalue weighted by Crippen LogP contribution is 2.29. The van der Waals surface area contributed by atoms with E-state index in [4.69, 9.17) is 4.98 Å². The van der Waals surface area contributed by atoms with Crippen molar-refractivity contribution in [3.63, 3.8) is 0 Å². The normalized spacial score (nSPS) is 13.9. The molecule has 2 aromatic carbocycles. The Morgan fingerprint density at radius 3 is 2.55 bits per heavy atom. The molecule has 9 heteroatoms. The average Bonchev–Trinajstić information content (AvgIpc) is 3.21. The van der Waals surface area contributed by atoms with E-state index in [9.17, 15) is 18.4 Å². The Hall–Kier alpha value is -3.88. The van der Waals surface area contributed by atoms with Gasteiger partial charge in [-0.15, -0.1) is 0 Å². The van der Waals surface area contributed by atoms with Gasteiger partial charge >= 0.3 is 0 Å². The fraction of sp³-hybridized carbons (Fsp3) is 0.250. The third-order valence-electron chi connectivity index (χ3n) is 6.17. The number of fused-ring (bicyclic) bond motifs is 2. The largest absolute Gasteiger partial charge is 0.334 e. The molecule has 0 spiro atoms. The van der Waals surface area contributed by atoms with Crippen molar-refractivity contribution < 1.29 is 13.6 Å². The molecule has 0 atom stereocenters. The molecule has 168 valence electrons. The van der Waals surface area contributed by atoms with Crippen molar-refractivity contribution in [1.29, 1.82) is 0 Å². The number of rotatable bonds is 3. The van der Waals surface area contributed by atoms with Crippen LogP contribution in [0.4, 0.5) is 8.78 Å². The van der Waals surface area contributed by atoms with Crippen molar-refractivity contribution in [3.05, 3.63) is 92.9 Å². The lowest BCUT2D eigenvalue weighted by atomic mass is 9.83. The number of nitrogens with one attached hydrogen (secondary N) is 2. The summed E-state index contributed by atoms with van der Waals surface area (Å²) in [7, 11) is 0. The molecule has 0 radical (unpaired) electrons. The number of hydrogen-bond acceptors (Lipinski definition) is 4. The third-order valence-corrected chi connectivity index (χ3v) is 6.17. The molecular formula is C24H21F2N5O2. The Morgan fingerprint density at radius 1 is 1.06 bits per heavy atom. The highest BCUT2D eigenvalue weighted by Gasteiger charge is 2.31. The molecule has 2 aromatic heterocycles. The van der Waals surface area contributed by atoms with Gasteiger partial charge in [0.1, 0.15) is 5.82 Å². The predicted octanol–water partition coefficient (Wildman–Crippen LogP) is 3.45. The second kappa shape index (κ2) is 7.61. The molecule has 0 saturated heterocycles. The average molecular weight is 449 g/mol. The molecular weight excluding hydrogens is 428 g/mol. The number of imidazole rings is 1. The summed E-state index contributed by atoms with van der Waals surface area (Å²) in [6.45, 7) is 4.41.